The molecule has 0 spiro atoms. The molecule has 0 heterocycles. The number of rotatable bonds is 12. The van der Waals surface area contributed by atoms with E-state index in [0.717, 1.165) is 50.4 Å². The molecule has 0 fully saturated rings. The van der Waals surface area contributed by atoms with Gasteiger partial charge in [0.15, 0.2) is 6.29 Å². The summed E-state index contributed by atoms with van der Waals surface area (Å²) in [6, 6.07) is 4.89. The molecule has 0 saturated heterocycles. The lowest BCUT2D eigenvalue weighted by Gasteiger charge is -2.17. The second-order valence-electron chi connectivity index (χ2n) is 8.38. The monoisotopic (exact) mass is 590 g/mol. The number of ether oxygens (including phenoxy) is 2. The lowest BCUT2D eigenvalue weighted by atomic mass is 10.1. The van der Waals surface area contributed by atoms with Crippen LogP contribution in [0.5, 0.6) is 0 Å². The normalized spacial score (nSPS) is 12.9. The molecule has 1 rings (SSSR count). The van der Waals surface area contributed by atoms with Crippen LogP contribution in [0.1, 0.15) is 85.8 Å². The number of aliphatic hydroxyl groups excluding tert-OH is 1. The van der Waals surface area contributed by atoms with Gasteiger partial charge in [0.2, 0.25) is 0 Å². The molecular formula is C30H49F3N2O4S. The maximum absolute atomic E-state index is 12.6. The van der Waals surface area contributed by atoms with Crippen molar-refractivity contribution in [2.75, 3.05) is 20.0 Å². The van der Waals surface area contributed by atoms with Crippen LogP contribution in [-0.2, 0) is 20.4 Å². The number of hydrogen-bond acceptors (Lipinski definition) is 7. The molecule has 10 heteroatoms. The van der Waals surface area contributed by atoms with Crippen LogP contribution >= 0.6 is 11.8 Å². The van der Waals surface area contributed by atoms with Crippen LogP contribution in [0.3, 0.4) is 0 Å². The fourth-order valence-electron chi connectivity index (χ4n) is 2.36. The summed E-state index contributed by atoms with van der Waals surface area (Å²) in [5, 5.41) is 15.7. The number of nitrogens with zero attached hydrogens (tertiary/aromatic N) is 2. The number of halogens is 3. The fraction of sp³-hybridized carbons (Fsp3) is 0.567. The number of carbonyl (C=O) groups excluding carboxylic acids is 1. The Bertz CT molecular complexity index is 882. The van der Waals surface area contributed by atoms with Crippen LogP contribution in [0.2, 0.25) is 0 Å². The fourth-order valence-corrected chi connectivity index (χ4v) is 2.86. The average Bonchev–Trinajstić information content (AvgIpc) is 2.97. The summed E-state index contributed by atoms with van der Waals surface area (Å²) >= 11 is 1.32. The Balaban J connectivity index is -0.000000764. The molecule has 1 aromatic carbocycles. The minimum atomic E-state index is -4.34. The highest BCUT2D eigenvalue weighted by Crippen LogP contribution is 2.29. The first-order chi connectivity index (χ1) is 18.9. The molecule has 0 aliphatic carbocycles. The van der Waals surface area contributed by atoms with Gasteiger partial charge in [0.1, 0.15) is 16.7 Å². The summed E-state index contributed by atoms with van der Waals surface area (Å²) in [5.41, 5.74) is 0.404. The molecule has 1 unspecified atom stereocenters. The topological polar surface area (TPSA) is 80.5 Å². The second kappa shape index (κ2) is 25.5. The number of aliphatic hydroxyl groups is 1. The largest absolute Gasteiger partial charge is 0.493 e. The molecule has 0 aliphatic rings. The maximum atomic E-state index is 12.6. The molecule has 40 heavy (non-hydrogen) atoms. The minimum absolute atomic E-state index is 0.171. The third-order valence-electron chi connectivity index (χ3n) is 4.71. The Morgan fingerprint density at radius 2 is 1.70 bits per heavy atom. The van der Waals surface area contributed by atoms with Crippen LogP contribution in [0.4, 0.5) is 13.2 Å². The number of thioether (sulfide) groups is 1. The van der Waals surface area contributed by atoms with Crippen molar-refractivity contribution >= 4 is 29.3 Å². The number of allylic oxidation sites excluding steroid dienone is 2. The van der Waals surface area contributed by atoms with E-state index in [1.807, 2.05) is 40.7 Å². The first-order valence-corrected chi connectivity index (χ1v) is 14.4. The molecule has 0 bridgehead atoms. The van der Waals surface area contributed by atoms with Crippen molar-refractivity contribution in [3.05, 3.63) is 59.4 Å². The Morgan fingerprint density at radius 3 is 2.12 bits per heavy atom. The van der Waals surface area contributed by atoms with Gasteiger partial charge in [-0.25, -0.2) is 0 Å². The molecular weight excluding hydrogens is 541 g/mol. The maximum Gasteiger partial charge on any atom is 0.416 e. The number of hydrogen-bond donors (Lipinski definition) is 1. The molecule has 230 valence electrons. The Hall–Kier alpha value is -2.43. The van der Waals surface area contributed by atoms with Gasteiger partial charge >= 0.3 is 6.18 Å². The zero-order valence-corrected chi connectivity index (χ0v) is 26.5. The summed E-state index contributed by atoms with van der Waals surface area (Å²) in [6.07, 6.45) is 7.99. The Labute approximate surface area is 243 Å². The van der Waals surface area contributed by atoms with Crippen molar-refractivity contribution < 1.29 is 32.5 Å². The molecule has 0 amide bonds. The number of benzene rings is 1. The lowest BCUT2D eigenvalue weighted by Crippen LogP contribution is -2.26. The van der Waals surface area contributed by atoms with Gasteiger partial charge in [-0.3, -0.25) is 0 Å². The first kappa shape index (κ1) is 42.0. The number of alkyl halides is 3. The van der Waals surface area contributed by atoms with Gasteiger partial charge in [0.25, 0.3) is 0 Å². The van der Waals surface area contributed by atoms with E-state index < -0.39 is 17.3 Å². The molecule has 0 aliphatic heterocycles. The van der Waals surface area contributed by atoms with Crippen molar-refractivity contribution in [2.45, 2.75) is 92.5 Å². The standard InChI is InChI=1S/C18H23F3N2OS.C9H16O2.C2H6.CH4O/c1-4-6-7-16(24-12-5-2)13-22-23-17(25-3)14-8-10-15(11-9-14)18(19,20)21;1-5-8(2)6-11-9(3,4)7-10;2*1-2/h5,8-13,16H,4,6-7H2,1-3H3;5,7H,6H2,1-4H3;1-2H3;2H,1H3/b12-5+,22-13+,23-17-;8-5-;;. The van der Waals surface area contributed by atoms with E-state index in [0.29, 0.717) is 17.2 Å². The SMILES string of the molecule is C/C=C(/C)COC(C)(C)C=O.C/C=C/OC(/C=N/N=C(\SC)c1ccc(C(F)(F)F)cc1)CCCC.CC.CO. The van der Waals surface area contributed by atoms with E-state index in [9.17, 15) is 18.0 Å². The average molecular weight is 591 g/mol. The van der Waals surface area contributed by atoms with Crippen molar-refractivity contribution in [1.82, 2.24) is 0 Å². The molecule has 0 radical (unpaired) electrons. The van der Waals surface area contributed by atoms with E-state index in [1.165, 1.54) is 23.9 Å². The van der Waals surface area contributed by atoms with Gasteiger partial charge in [0, 0.05) is 12.7 Å². The van der Waals surface area contributed by atoms with Crippen LogP contribution in [-0.4, -0.2) is 54.3 Å². The molecule has 1 aromatic rings. The van der Waals surface area contributed by atoms with Gasteiger partial charge in [-0.1, -0.05) is 57.0 Å². The Morgan fingerprint density at radius 1 is 1.12 bits per heavy atom. The first-order valence-electron chi connectivity index (χ1n) is 13.2. The van der Waals surface area contributed by atoms with Crippen LogP contribution in [0.15, 0.2) is 58.5 Å². The van der Waals surface area contributed by atoms with E-state index in [4.69, 9.17) is 14.6 Å². The molecule has 0 aromatic heterocycles. The third-order valence-corrected chi connectivity index (χ3v) is 5.42. The quantitative estimate of drug-likeness (QED) is 0.0659. The summed E-state index contributed by atoms with van der Waals surface area (Å²) in [4.78, 5) is 10.4. The van der Waals surface area contributed by atoms with E-state index >= 15 is 0 Å². The highest BCUT2D eigenvalue weighted by Gasteiger charge is 2.30. The van der Waals surface area contributed by atoms with Crippen molar-refractivity contribution in [1.29, 1.82) is 0 Å². The smallest absolute Gasteiger partial charge is 0.416 e. The van der Waals surface area contributed by atoms with Gasteiger partial charge in [-0.2, -0.15) is 18.3 Å². The molecule has 0 saturated carbocycles. The van der Waals surface area contributed by atoms with Crippen LogP contribution in [0.25, 0.3) is 0 Å². The third kappa shape index (κ3) is 21.4. The summed E-state index contributed by atoms with van der Waals surface area (Å²) in [5.74, 6) is 0. The summed E-state index contributed by atoms with van der Waals surface area (Å²) in [7, 11) is 1.00. The number of unbranched alkanes of at least 4 members (excludes halogenated alkanes) is 1. The predicted octanol–water partition coefficient (Wildman–Crippen LogP) is 8.49. The van der Waals surface area contributed by atoms with Crippen molar-refractivity contribution in [3.63, 3.8) is 0 Å². The van der Waals surface area contributed by atoms with E-state index in [1.54, 1.807) is 38.7 Å². The second-order valence-corrected chi connectivity index (χ2v) is 9.18. The van der Waals surface area contributed by atoms with Crippen LogP contribution < -0.4 is 0 Å². The Kier molecular flexibility index (Phi) is 26.8. The van der Waals surface area contributed by atoms with Gasteiger partial charge < -0.3 is 19.4 Å². The zero-order valence-electron chi connectivity index (χ0n) is 25.7. The highest BCUT2D eigenvalue weighted by atomic mass is 32.2. The van der Waals surface area contributed by atoms with Crippen molar-refractivity contribution in [2.24, 2.45) is 10.2 Å². The van der Waals surface area contributed by atoms with Gasteiger partial charge in [0.05, 0.1) is 24.6 Å². The zero-order chi connectivity index (χ0) is 31.6. The predicted molar refractivity (Wildman–Crippen MR) is 164 cm³/mol. The molecule has 1 atom stereocenters. The summed E-state index contributed by atoms with van der Waals surface area (Å²) < 4.78 is 48.7. The molecule has 1 N–H and O–H groups in total. The number of aldehydes is 1. The van der Waals surface area contributed by atoms with Gasteiger partial charge in [-0.05, 0) is 65.8 Å². The number of carbonyl (C=O) groups is 1. The van der Waals surface area contributed by atoms with Crippen molar-refractivity contribution in [3.8, 4) is 0 Å². The lowest BCUT2D eigenvalue weighted by molar-refractivity contribution is -0.137. The highest BCUT2D eigenvalue weighted by molar-refractivity contribution is 8.13. The summed E-state index contributed by atoms with van der Waals surface area (Å²) in [6.45, 7) is 15.9. The van der Waals surface area contributed by atoms with Gasteiger partial charge in [-0.15, -0.1) is 16.9 Å². The van der Waals surface area contributed by atoms with E-state index in [-0.39, 0.29) is 6.10 Å². The molecule has 6 nitrogen and oxygen atoms in total. The van der Waals surface area contributed by atoms with E-state index in [2.05, 4.69) is 17.1 Å². The van der Waals surface area contributed by atoms with Crippen LogP contribution in [0, 0.1) is 0 Å². The minimum Gasteiger partial charge on any atom is -0.493 e.